The maximum Gasteiger partial charge on any atom is 0.338 e. The molecule has 108 valence electrons. The molecule has 1 aromatic carbocycles. The van der Waals surface area contributed by atoms with Crippen molar-refractivity contribution in [3.63, 3.8) is 0 Å². The largest absolute Gasteiger partial charge is 0.447 e. The van der Waals surface area contributed by atoms with Gasteiger partial charge in [-0.3, -0.25) is 0 Å². The highest BCUT2D eigenvalue weighted by atomic mass is 19.1. The first-order chi connectivity index (χ1) is 9.52. The number of hydrogen-bond donors (Lipinski definition) is 0. The van der Waals surface area contributed by atoms with Gasteiger partial charge in [0.1, 0.15) is 0 Å². The van der Waals surface area contributed by atoms with Crippen molar-refractivity contribution < 1.29 is 23.4 Å². The molecule has 1 fully saturated rings. The SMILES string of the molecule is [CH2+]O[C@@H]1O[C@H](CC)[C@@H](F)[C@@]1(C)OC(=O)c1ccccc1. The number of ether oxygens (including phenoxy) is 3. The van der Waals surface area contributed by atoms with E-state index in [2.05, 4.69) is 7.11 Å². The van der Waals surface area contributed by atoms with Crippen molar-refractivity contribution in [1.82, 2.24) is 0 Å². The molecule has 0 bridgehead atoms. The highest BCUT2D eigenvalue weighted by Crippen LogP contribution is 2.38. The third-order valence-electron chi connectivity index (χ3n) is 3.52. The molecule has 0 aliphatic carbocycles. The first-order valence-electron chi connectivity index (χ1n) is 6.51. The average molecular weight is 281 g/mol. The summed E-state index contributed by atoms with van der Waals surface area (Å²) in [6, 6.07) is 8.41. The van der Waals surface area contributed by atoms with Crippen LogP contribution in [0.15, 0.2) is 30.3 Å². The van der Waals surface area contributed by atoms with Gasteiger partial charge in [-0.2, -0.15) is 4.74 Å². The van der Waals surface area contributed by atoms with Gasteiger partial charge in [-0.05, 0) is 25.5 Å². The van der Waals surface area contributed by atoms with Crippen molar-refractivity contribution in [2.75, 3.05) is 0 Å². The Morgan fingerprint density at radius 3 is 2.65 bits per heavy atom. The number of esters is 1. The van der Waals surface area contributed by atoms with E-state index in [0.717, 1.165) is 0 Å². The molecule has 2 rings (SSSR count). The topological polar surface area (TPSA) is 44.8 Å². The summed E-state index contributed by atoms with van der Waals surface area (Å²) < 4.78 is 30.0. The van der Waals surface area contributed by atoms with Gasteiger partial charge in [0.15, 0.2) is 11.8 Å². The summed E-state index contributed by atoms with van der Waals surface area (Å²) in [4.78, 5) is 12.1. The van der Waals surface area contributed by atoms with Crippen LogP contribution in [0.3, 0.4) is 0 Å². The summed E-state index contributed by atoms with van der Waals surface area (Å²) in [6.07, 6.45) is -2.70. The molecule has 1 aliphatic rings. The van der Waals surface area contributed by atoms with Crippen LogP contribution in [0.5, 0.6) is 0 Å². The molecule has 20 heavy (non-hydrogen) atoms. The summed E-state index contributed by atoms with van der Waals surface area (Å²) >= 11 is 0. The maximum atomic E-state index is 14.4. The molecule has 1 heterocycles. The Hall–Kier alpha value is -1.59. The Morgan fingerprint density at radius 1 is 1.45 bits per heavy atom. The number of benzene rings is 1. The van der Waals surface area contributed by atoms with Gasteiger partial charge < -0.3 is 9.47 Å². The number of rotatable bonds is 4. The zero-order valence-corrected chi connectivity index (χ0v) is 11.5. The Bertz CT molecular complexity index is 460. The summed E-state index contributed by atoms with van der Waals surface area (Å²) in [5, 5.41) is 0. The van der Waals surface area contributed by atoms with Gasteiger partial charge in [-0.1, -0.05) is 25.1 Å². The van der Waals surface area contributed by atoms with Gasteiger partial charge in [0.2, 0.25) is 7.11 Å². The highest BCUT2D eigenvalue weighted by molar-refractivity contribution is 5.89. The van der Waals surface area contributed by atoms with Crippen LogP contribution in [0, 0.1) is 7.11 Å². The summed E-state index contributed by atoms with van der Waals surface area (Å²) in [5.41, 5.74) is -1.15. The minimum Gasteiger partial charge on any atom is -0.447 e. The van der Waals surface area contributed by atoms with Crippen molar-refractivity contribution in [3.05, 3.63) is 43.0 Å². The van der Waals surface area contributed by atoms with Crippen molar-refractivity contribution >= 4 is 5.97 Å². The van der Waals surface area contributed by atoms with Crippen molar-refractivity contribution in [2.24, 2.45) is 0 Å². The molecule has 0 spiro atoms. The van der Waals surface area contributed by atoms with Gasteiger partial charge >= 0.3 is 5.97 Å². The van der Waals surface area contributed by atoms with Crippen LogP contribution >= 0.6 is 0 Å². The van der Waals surface area contributed by atoms with Crippen LogP contribution in [-0.2, 0) is 14.2 Å². The minimum absolute atomic E-state index is 0.351. The quantitative estimate of drug-likeness (QED) is 0.629. The minimum atomic E-state index is -1.50. The Kier molecular flexibility index (Phi) is 4.30. The van der Waals surface area contributed by atoms with E-state index in [1.54, 1.807) is 37.3 Å². The van der Waals surface area contributed by atoms with E-state index in [1.807, 2.05) is 0 Å². The van der Waals surface area contributed by atoms with E-state index in [0.29, 0.717) is 12.0 Å². The van der Waals surface area contributed by atoms with Crippen molar-refractivity contribution in [3.8, 4) is 0 Å². The zero-order chi connectivity index (χ0) is 14.8. The lowest BCUT2D eigenvalue weighted by Gasteiger charge is -2.28. The standard InChI is InChI=1S/C15H18FO4/c1-4-11-12(16)15(2,14(18-3)19-11)20-13(17)10-8-6-5-7-9-10/h5-9,11-12,14H,3-4H2,1-2H3/q+1/t11-,12-,14-,15-/m1/s1. The Balaban J connectivity index is 2.19. The van der Waals surface area contributed by atoms with E-state index in [1.165, 1.54) is 6.92 Å². The van der Waals surface area contributed by atoms with Crippen LogP contribution in [0.25, 0.3) is 0 Å². The van der Waals surface area contributed by atoms with E-state index >= 15 is 0 Å². The first-order valence-corrected chi connectivity index (χ1v) is 6.51. The number of alkyl halides is 1. The average Bonchev–Trinajstić information content (AvgIpc) is 2.71. The number of hydrogen-bond acceptors (Lipinski definition) is 4. The first kappa shape index (κ1) is 14.8. The van der Waals surface area contributed by atoms with Crippen LogP contribution in [-0.4, -0.2) is 30.1 Å². The molecule has 1 aromatic rings. The fourth-order valence-electron chi connectivity index (χ4n) is 2.31. The van der Waals surface area contributed by atoms with Crippen LogP contribution in [0.1, 0.15) is 30.6 Å². The second-order valence-electron chi connectivity index (χ2n) is 4.92. The Labute approximate surface area is 117 Å². The number of halogens is 1. The molecular formula is C15H18FO4+. The molecule has 0 aromatic heterocycles. The second-order valence-corrected chi connectivity index (χ2v) is 4.92. The summed E-state index contributed by atoms with van der Waals surface area (Å²) in [5.74, 6) is -0.613. The molecule has 1 saturated heterocycles. The number of carbonyl (C=O) groups excluding carboxylic acids is 1. The maximum absolute atomic E-state index is 14.4. The Morgan fingerprint density at radius 2 is 2.10 bits per heavy atom. The predicted octanol–water partition coefficient (Wildman–Crippen LogP) is 2.88. The lowest BCUT2D eigenvalue weighted by molar-refractivity contribution is -0.173. The lowest BCUT2D eigenvalue weighted by Crippen LogP contribution is -2.47. The highest BCUT2D eigenvalue weighted by Gasteiger charge is 2.59. The van der Waals surface area contributed by atoms with Gasteiger partial charge in [0, 0.05) is 0 Å². The number of carbonyl (C=O) groups is 1. The van der Waals surface area contributed by atoms with Crippen LogP contribution < -0.4 is 0 Å². The van der Waals surface area contributed by atoms with Gasteiger partial charge in [0.05, 0.1) is 11.7 Å². The molecule has 4 nitrogen and oxygen atoms in total. The van der Waals surface area contributed by atoms with E-state index < -0.39 is 30.1 Å². The molecular weight excluding hydrogens is 263 g/mol. The molecule has 1 aliphatic heterocycles. The predicted molar refractivity (Wildman–Crippen MR) is 70.6 cm³/mol. The van der Waals surface area contributed by atoms with E-state index in [9.17, 15) is 9.18 Å². The smallest absolute Gasteiger partial charge is 0.338 e. The normalized spacial score (nSPS) is 33.0. The molecule has 0 saturated carbocycles. The van der Waals surface area contributed by atoms with Crippen molar-refractivity contribution in [2.45, 2.75) is 44.4 Å². The monoisotopic (exact) mass is 281 g/mol. The molecule has 0 unspecified atom stereocenters. The van der Waals surface area contributed by atoms with Gasteiger partial charge in [-0.25, -0.2) is 9.18 Å². The fraction of sp³-hybridized carbons (Fsp3) is 0.467. The van der Waals surface area contributed by atoms with Gasteiger partial charge in [0.25, 0.3) is 6.29 Å². The van der Waals surface area contributed by atoms with Crippen molar-refractivity contribution in [1.29, 1.82) is 0 Å². The summed E-state index contributed by atoms with van der Waals surface area (Å²) in [7, 11) is 3.26. The lowest BCUT2D eigenvalue weighted by atomic mass is 9.97. The molecule has 5 heteroatoms. The van der Waals surface area contributed by atoms with E-state index in [4.69, 9.17) is 14.2 Å². The third-order valence-corrected chi connectivity index (χ3v) is 3.52. The second kappa shape index (κ2) is 5.81. The van der Waals surface area contributed by atoms with Crippen LogP contribution in [0.2, 0.25) is 0 Å². The molecule has 4 atom stereocenters. The van der Waals surface area contributed by atoms with E-state index in [-0.39, 0.29) is 0 Å². The molecule has 0 N–H and O–H groups in total. The van der Waals surface area contributed by atoms with Crippen LogP contribution in [0.4, 0.5) is 4.39 Å². The third kappa shape index (κ3) is 2.51. The molecule has 0 amide bonds. The van der Waals surface area contributed by atoms with Gasteiger partial charge in [-0.15, -0.1) is 0 Å². The fourth-order valence-corrected chi connectivity index (χ4v) is 2.31. The summed E-state index contributed by atoms with van der Waals surface area (Å²) in [6.45, 7) is 3.26. The zero-order valence-electron chi connectivity index (χ0n) is 11.5. The molecule has 0 radical (unpaired) electrons.